The van der Waals surface area contributed by atoms with Gasteiger partial charge in [-0.05, 0) is 62.7 Å². The fourth-order valence-electron chi connectivity index (χ4n) is 4.18. The van der Waals surface area contributed by atoms with Gasteiger partial charge in [0.25, 0.3) is 5.91 Å². The number of nitrogens with one attached hydrogen (secondary N) is 2. The zero-order valence-electron chi connectivity index (χ0n) is 23.9. The number of amidine groups is 1. The van der Waals surface area contributed by atoms with Gasteiger partial charge in [-0.2, -0.15) is 0 Å². The number of carbonyl (C=O) groups is 2. The lowest BCUT2D eigenvalue weighted by atomic mass is 10.1. The Kier molecular flexibility index (Phi) is 14.8. The molecule has 232 valence electrons. The molecule has 0 atom stereocenters. The highest BCUT2D eigenvalue weighted by Gasteiger charge is 2.28. The van der Waals surface area contributed by atoms with Gasteiger partial charge < -0.3 is 25.4 Å². The first-order valence-electron chi connectivity index (χ1n) is 13.0. The van der Waals surface area contributed by atoms with Crippen molar-refractivity contribution in [3.63, 3.8) is 0 Å². The predicted molar refractivity (Wildman–Crippen MR) is 170 cm³/mol. The fourth-order valence-corrected chi connectivity index (χ4v) is 5.47. The van der Waals surface area contributed by atoms with Crippen molar-refractivity contribution >= 4 is 64.3 Å². The van der Waals surface area contributed by atoms with E-state index in [4.69, 9.17) is 20.6 Å². The van der Waals surface area contributed by atoms with Crippen molar-refractivity contribution in [2.24, 2.45) is 5.73 Å². The molecule has 42 heavy (non-hydrogen) atoms. The SMILES string of the molecule is CCOC(=O)CS(=O)(=O)N(C/C=C/c1cccc(C(=N)N)c1)c1ccc(OC2CCNCC2)c(C(=O)N(C)C)c1.Cl.Cl. The summed E-state index contributed by atoms with van der Waals surface area (Å²) in [5, 5.41) is 10.9. The molecule has 0 bridgehead atoms. The van der Waals surface area contributed by atoms with Crippen LogP contribution in [0.15, 0.2) is 48.5 Å². The summed E-state index contributed by atoms with van der Waals surface area (Å²) in [7, 11) is -0.981. The Hall–Kier alpha value is -3.32. The van der Waals surface area contributed by atoms with Crippen LogP contribution in [0, 0.1) is 5.41 Å². The van der Waals surface area contributed by atoms with Crippen LogP contribution in [0.4, 0.5) is 5.69 Å². The van der Waals surface area contributed by atoms with E-state index >= 15 is 0 Å². The Morgan fingerprint density at radius 2 is 1.81 bits per heavy atom. The average Bonchev–Trinajstić information content (AvgIpc) is 2.91. The van der Waals surface area contributed by atoms with Gasteiger partial charge in [0, 0.05) is 19.7 Å². The Bertz CT molecular complexity index is 1360. The van der Waals surface area contributed by atoms with Crippen LogP contribution < -0.4 is 20.1 Å². The number of anilines is 1. The van der Waals surface area contributed by atoms with Crippen LogP contribution in [0.25, 0.3) is 6.08 Å². The van der Waals surface area contributed by atoms with Gasteiger partial charge in [0.15, 0.2) is 5.75 Å². The van der Waals surface area contributed by atoms with Crippen molar-refractivity contribution < 1.29 is 27.5 Å². The lowest BCUT2D eigenvalue weighted by molar-refractivity contribution is -0.139. The smallest absolute Gasteiger partial charge is 0.323 e. The maximum atomic E-state index is 13.4. The van der Waals surface area contributed by atoms with E-state index in [9.17, 15) is 18.0 Å². The van der Waals surface area contributed by atoms with Gasteiger partial charge in [-0.25, -0.2) is 8.42 Å². The number of nitrogens with zero attached hydrogens (tertiary/aromatic N) is 2. The van der Waals surface area contributed by atoms with Crippen LogP contribution in [0.5, 0.6) is 5.75 Å². The molecule has 1 heterocycles. The first-order chi connectivity index (χ1) is 19.0. The van der Waals surface area contributed by atoms with Crippen molar-refractivity contribution in [2.45, 2.75) is 25.9 Å². The highest BCUT2D eigenvalue weighted by molar-refractivity contribution is 7.93. The minimum atomic E-state index is -4.20. The van der Waals surface area contributed by atoms with Crippen molar-refractivity contribution in [2.75, 3.05) is 50.4 Å². The standard InChI is InChI=1S/C28H37N5O6S.2ClH/c1-4-38-26(34)19-40(36,37)33(16-6-8-20-7-5-9-21(17-20)27(29)30)22-10-11-25(24(18-22)28(35)32(2)3)39-23-12-14-31-15-13-23;;/h5-11,17-18,23,31H,4,12-16,19H2,1-3H3,(H3,29,30);2*1H/b8-6+;;. The molecule has 4 N–H and O–H groups in total. The highest BCUT2D eigenvalue weighted by Crippen LogP contribution is 2.30. The molecular formula is C28H39Cl2N5O6S. The van der Waals surface area contributed by atoms with Crippen LogP contribution in [0.1, 0.15) is 41.3 Å². The topological polar surface area (TPSA) is 155 Å². The van der Waals surface area contributed by atoms with Gasteiger partial charge in [0.2, 0.25) is 10.0 Å². The van der Waals surface area contributed by atoms with Crippen LogP contribution in [0.3, 0.4) is 0 Å². The number of hydrogen-bond donors (Lipinski definition) is 3. The lowest BCUT2D eigenvalue weighted by Gasteiger charge is -2.27. The van der Waals surface area contributed by atoms with Crippen molar-refractivity contribution in [3.8, 4) is 5.75 Å². The first kappa shape index (κ1) is 36.7. The summed E-state index contributed by atoms with van der Waals surface area (Å²) in [6.07, 6.45) is 4.81. The van der Waals surface area contributed by atoms with Crippen LogP contribution in [-0.4, -0.2) is 83.2 Å². The normalized spacial score (nSPS) is 13.4. The molecule has 14 heteroatoms. The Morgan fingerprint density at radius 3 is 2.43 bits per heavy atom. The van der Waals surface area contributed by atoms with E-state index in [1.165, 1.54) is 11.0 Å². The number of hydrogen-bond acceptors (Lipinski definition) is 8. The van der Waals surface area contributed by atoms with Crippen molar-refractivity contribution in [3.05, 3.63) is 65.2 Å². The van der Waals surface area contributed by atoms with Crippen LogP contribution >= 0.6 is 24.8 Å². The van der Waals surface area contributed by atoms with Gasteiger partial charge >= 0.3 is 5.97 Å². The molecule has 0 radical (unpaired) electrons. The zero-order valence-corrected chi connectivity index (χ0v) is 26.3. The Labute approximate surface area is 259 Å². The summed E-state index contributed by atoms with van der Waals surface area (Å²) in [5.74, 6) is -1.79. The molecular weight excluding hydrogens is 605 g/mol. The molecule has 1 aliphatic rings. The minimum absolute atomic E-state index is 0. The number of nitrogen functional groups attached to an aromatic ring is 1. The number of halogens is 2. The van der Waals surface area contributed by atoms with Crippen molar-refractivity contribution in [1.29, 1.82) is 5.41 Å². The molecule has 2 aromatic rings. The van der Waals surface area contributed by atoms with Crippen LogP contribution in [-0.2, 0) is 19.6 Å². The molecule has 0 unspecified atom stereocenters. The third kappa shape index (κ3) is 10.2. The minimum Gasteiger partial charge on any atom is -0.489 e. The van der Waals surface area contributed by atoms with E-state index in [2.05, 4.69) is 5.32 Å². The van der Waals surface area contributed by atoms with Gasteiger partial charge in [-0.1, -0.05) is 30.4 Å². The second kappa shape index (κ2) is 17.0. The number of amides is 1. The number of carbonyl (C=O) groups excluding carboxylic acids is 2. The molecule has 0 aliphatic carbocycles. The molecule has 0 spiro atoms. The van der Waals surface area contributed by atoms with Gasteiger partial charge in [0.1, 0.15) is 17.7 Å². The number of sulfonamides is 1. The quantitative estimate of drug-likeness (QED) is 0.181. The lowest BCUT2D eigenvalue weighted by Crippen LogP contribution is -2.37. The van der Waals surface area contributed by atoms with E-state index in [-0.39, 0.29) is 67.1 Å². The number of nitrogens with two attached hydrogens (primary N) is 1. The fraction of sp³-hybridized carbons (Fsp3) is 0.393. The van der Waals surface area contributed by atoms with E-state index in [1.54, 1.807) is 69.6 Å². The third-order valence-electron chi connectivity index (χ3n) is 6.19. The summed E-state index contributed by atoms with van der Waals surface area (Å²) in [4.78, 5) is 26.7. The molecule has 0 saturated carbocycles. The third-order valence-corrected chi connectivity index (χ3v) is 7.82. The summed E-state index contributed by atoms with van der Waals surface area (Å²) < 4.78 is 39.0. The molecule has 0 aromatic heterocycles. The summed E-state index contributed by atoms with van der Waals surface area (Å²) >= 11 is 0. The molecule has 2 aromatic carbocycles. The largest absolute Gasteiger partial charge is 0.489 e. The number of esters is 1. The van der Waals surface area contributed by atoms with E-state index in [0.717, 1.165) is 30.2 Å². The second-order valence-electron chi connectivity index (χ2n) is 9.48. The predicted octanol–water partition coefficient (Wildman–Crippen LogP) is 3.06. The van der Waals surface area contributed by atoms with Gasteiger partial charge in [-0.3, -0.25) is 19.3 Å². The number of benzene rings is 2. The molecule has 3 rings (SSSR count). The Balaban J connectivity index is 0.00000441. The van der Waals surface area contributed by atoms with Crippen molar-refractivity contribution in [1.82, 2.24) is 10.2 Å². The van der Waals surface area contributed by atoms with E-state index in [1.807, 2.05) is 0 Å². The maximum absolute atomic E-state index is 13.4. The second-order valence-corrected chi connectivity index (χ2v) is 11.4. The maximum Gasteiger partial charge on any atom is 0.323 e. The summed E-state index contributed by atoms with van der Waals surface area (Å²) in [5.41, 5.74) is 7.24. The highest BCUT2D eigenvalue weighted by atomic mass is 35.5. The molecule has 1 amide bonds. The molecule has 1 aliphatic heterocycles. The number of ether oxygens (including phenoxy) is 2. The monoisotopic (exact) mass is 643 g/mol. The molecule has 11 nitrogen and oxygen atoms in total. The molecule has 1 fully saturated rings. The average molecular weight is 645 g/mol. The van der Waals surface area contributed by atoms with Crippen LogP contribution in [0.2, 0.25) is 0 Å². The summed E-state index contributed by atoms with van der Waals surface area (Å²) in [6, 6.07) is 11.6. The Morgan fingerprint density at radius 1 is 1.12 bits per heavy atom. The van der Waals surface area contributed by atoms with Gasteiger partial charge in [0.05, 0.1) is 24.4 Å². The summed E-state index contributed by atoms with van der Waals surface area (Å²) in [6.45, 7) is 3.13. The van der Waals surface area contributed by atoms with E-state index < -0.39 is 21.7 Å². The van der Waals surface area contributed by atoms with E-state index in [0.29, 0.717) is 16.9 Å². The first-order valence-corrected chi connectivity index (χ1v) is 14.6. The molecule has 1 saturated heterocycles. The zero-order chi connectivity index (χ0) is 29.3. The number of piperidine rings is 1. The van der Waals surface area contributed by atoms with Gasteiger partial charge in [-0.15, -0.1) is 24.8 Å². The number of rotatable bonds is 12.